The van der Waals surface area contributed by atoms with Crippen LogP contribution >= 0.6 is 0 Å². The van der Waals surface area contributed by atoms with Gasteiger partial charge in [0.1, 0.15) is 24.4 Å². The summed E-state index contributed by atoms with van der Waals surface area (Å²) in [7, 11) is 0. The lowest BCUT2D eigenvalue weighted by atomic mass is 10.0. The number of allylic oxidation sites excluding steroid dienone is 2. The summed E-state index contributed by atoms with van der Waals surface area (Å²) in [6.07, 6.45) is 13.4. The number of hydrogen-bond acceptors (Lipinski definition) is 8. The summed E-state index contributed by atoms with van der Waals surface area (Å²) < 4.78 is 5.14. The fourth-order valence-electron chi connectivity index (χ4n) is 3.68. The molecule has 0 saturated heterocycles. The Kier molecular flexibility index (Phi) is 21.7. The molecule has 0 aliphatic rings. The first-order chi connectivity index (χ1) is 17.3. The highest BCUT2D eigenvalue weighted by Crippen LogP contribution is 2.10. The lowest BCUT2D eigenvalue weighted by molar-refractivity contribution is -0.154. The molecule has 0 heterocycles. The number of hydrogen-bond donors (Lipinski definition) is 6. The number of esters is 1. The molecule has 212 valence electrons. The largest absolute Gasteiger partial charge is 0.464 e. The molecule has 5 atom stereocenters. The minimum absolute atomic E-state index is 0.229. The van der Waals surface area contributed by atoms with Crippen molar-refractivity contribution in [2.24, 2.45) is 0 Å². The van der Waals surface area contributed by atoms with Crippen LogP contribution in [-0.4, -0.2) is 81.1 Å². The number of amides is 1. The predicted octanol–water partition coefficient (Wildman–Crippen LogP) is 2.51. The van der Waals surface area contributed by atoms with E-state index in [9.17, 15) is 30.0 Å². The zero-order valence-electron chi connectivity index (χ0n) is 22.3. The fraction of sp³-hybridized carbons (Fsp3) is 0.852. The number of aliphatic hydroxyl groups excluding tert-OH is 5. The Bertz CT molecular complexity index is 586. The molecule has 0 unspecified atom stereocenters. The van der Waals surface area contributed by atoms with Crippen molar-refractivity contribution >= 4 is 11.9 Å². The summed E-state index contributed by atoms with van der Waals surface area (Å²) in [6, 6.07) is -1.06. The number of carbonyl (C=O) groups excluding carboxylic acids is 2. The summed E-state index contributed by atoms with van der Waals surface area (Å²) in [5, 5.41) is 49.3. The third-order valence-corrected chi connectivity index (χ3v) is 6.14. The minimum Gasteiger partial charge on any atom is -0.464 e. The average Bonchev–Trinajstić information content (AvgIpc) is 2.88. The van der Waals surface area contributed by atoms with Crippen LogP contribution in [0.2, 0.25) is 0 Å². The van der Waals surface area contributed by atoms with Gasteiger partial charge in [-0.25, -0.2) is 4.79 Å². The highest BCUT2D eigenvalue weighted by molar-refractivity contribution is 5.87. The summed E-state index contributed by atoms with van der Waals surface area (Å²) in [5.41, 5.74) is 0. The van der Waals surface area contributed by atoms with E-state index in [2.05, 4.69) is 24.4 Å². The smallest absolute Gasteiger partial charge is 0.328 e. The highest BCUT2D eigenvalue weighted by atomic mass is 16.5. The van der Waals surface area contributed by atoms with Crippen molar-refractivity contribution in [3.63, 3.8) is 0 Å². The lowest BCUT2D eigenvalue weighted by Crippen LogP contribution is -2.54. The maximum atomic E-state index is 12.0. The van der Waals surface area contributed by atoms with Gasteiger partial charge in [-0.1, -0.05) is 76.9 Å². The molecule has 0 radical (unpaired) electrons. The van der Waals surface area contributed by atoms with Crippen LogP contribution in [-0.2, 0) is 14.3 Å². The van der Waals surface area contributed by atoms with E-state index in [1.165, 1.54) is 64.7 Å². The van der Waals surface area contributed by atoms with Crippen LogP contribution in [0, 0.1) is 0 Å². The predicted molar refractivity (Wildman–Crippen MR) is 139 cm³/mol. The van der Waals surface area contributed by atoms with Crippen molar-refractivity contribution in [1.29, 1.82) is 0 Å². The zero-order chi connectivity index (χ0) is 27.2. The molecule has 9 nitrogen and oxygen atoms in total. The van der Waals surface area contributed by atoms with Crippen molar-refractivity contribution in [2.75, 3.05) is 13.2 Å². The number of nitrogens with one attached hydrogen (secondary N) is 1. The van der Waals surface area contributed by atoms with E-state index in [1.54, 1.807) is 0 Å². The number of rotatable bonds is 23. The Morgan fingerprint density at radius 2 is 1.28 bits per heavy atom. The quantitative estimate of drug-likeness (QED) is 0.0686. The van der Waals surface area contributed by atoms with Crippen LogP contribution in [0.3, 0.4) is 0 Å². The first-order valence-electron chi connectivity index (χ1n) is 13.7. The molecule has 0 saturated carbocycles. The third-order valence-electron chi connectivity index (χ3n) is 6.14. The van der Waals surface area contributed by atoms with Gasteiger partial charge in [-0.2, -0.15) is 0 Å². The Balaban J connectivity index is 3.75. The van der Waals surface area contributed by atoms with Crippen LogP contribution in [0.25, 0.3) is 0 Å². The number of unbranched alkanes of at least 4 members (excludes halogenated alkanes) is 12. The fourth-order valence-corrected chi connectivity index (χ4v) is 3.68. The molecule has 0 fully saturated rings. The van der Waals surface area contributed by atoms with Gasteiger partial charge in [0.2, 0.25) is 0 Å². The molecule has 0 aromatic rings. The Morgan fingerprint density at radius 1 is 0.778 bits per heavy atom. The van der Waals surface area contributed by atoms with Gasteiger partial charge in [0.25, 0.3) is 5.91 Å². The molecule has 0 aromatic carbocycles. The van der Waals surface area contributed by atoms with Crippen LogP contribution in [0.5, 0.6) is 0 Å². The van der Waals surface area contributed by atoms with Crippen molar-refractivity contribution in [1.82, 2.24) is 5.32 Å². The maximum Gasteiger partial charge on any atom is 0.328 e. The Morgan fingerprint density at radius 3 is 1.81 bits per heavy atom. The lowest BCUT2D eigenvalue weighted by Gasteiger charge is -2.25. The monoisotopic (exact) mass is 517 g/mol. The van der Waals surface area contributed by atoms with Crippen LogP contribution in [0.1, 0.15) is 104 Å². The van der Waals surface area contributed by atoms with Crippen molar-refractivity contribution < 1.29 is 39.9 Å². The van der Waals surface area contributed by atoms with E-state index in [1.807, 2.05) is 0 Å². The highest BCUT2D eigenvalue weighted by Gasteiger charge is 2.35. The first kappa shape index (κ1) is 34.5. The molecular formula is C27H51NO8. The molecule has 0 bridgehead atoms. The summed E-state index contributed by atoms with van der Waals surface area (Å²) in [6.45, 7) is 2.99. The van der Waals surface area contributed by atoms with Crippen molar-refractivity contribution in [3.8, 4) is 0 Å². The molecule has 0 aliphatic heterocycles. The van der Waals surface area contributed by atoms with E-state index >= 15 is 0 Å². The number of carbonyl (C=O) groups is 2. The second-order valence-corrected chi connectivity index (χ2v) is 9.51. The molecule has 9 heteroatoms. The standard InChI is InChI=1S/C27H51NO8/c1-3-4-5-6-7-8-9-10-11-12-13-14-15-16-17-18-19-36-27(35)21(2)28-26(34)25(33)24(32)23(31)22(30)20-29/h10-11,21-25,29-33H,3-9,12-20H2,1-2H3,(H,28,34)/t21-,22+,23+,24-,25+/m0/s1. The van der Waals surface area contributed by atoms with Crippen molar-refractivity contribution in [2.45, 2.75) is 134 Å². The molecule has 0 spiro atoms. The SMILES string of the molecule is CCCCCCCCC=CCCCCCCCCOC(=O)[C@H](C)NC(=O)[C@H](O)[C@@H](O)[C@H](O)[C@H](O)CO. The second-order valence-electron chi connectivity index (χ2n) is 9.51. The van der Waals surface area contributed by atoms with Gasteiger partial charge < -0.3 is 35.6 Å². The topological polar surface area (TPSA) is 157 Å². The molecule has 1 amide bonds. The van der Waals surface area contributed by atoms with Crippen LogP contribution in [0.15, 0.2) is 12.2 Å². The second kappa shape index (κ2) is 22.7. The van der Waals surface area contributed by atoms with E-state index in [0.717, 1.165) is 32.1 Å². The number of ether oxygens (including phenoxy) is 1. The molecular weight excluding hydrogens is 466 g/mol. The summed E-state index contributed by atoms with van der Waals surface area (Å²) >= 11 is 0. The average molecular weight is 518 g/mol. The first-order valence-corrected chi connectivity index (χ1v) is 13.7. The molecule has 0 aromatic heterocycles. The van der Waals surface area contributed by atoms with E-state index in [4.69, 9.17) is 9.84 Å². The molecule has 0 aliphatic carbocycles. The Hall–Kier alpha value is -1.52. The van der Waals surface area contributed by atoms with Gasteiger partial charge in [0.15, 0.2) is 6.10 Å². The van der Waals surface area contributed by atoms with Gasteiger partial charge in [0, 0.05) is 0 Å². The van der Waals surface area contributed by atoms with Crippen LogP contribution < -0.4 is 5.32 Å². The van der Waals surface area contributed by atoms with Gasteiger partial charge in [-0.05, 0) is 39.0 Å². The molecule has 6 N–H and O–H groups in total. The van der Waals surface area contributed by atoms with Crippen molar-refractivity contribution in [3.05, 3.63) is 12.2 Å². The van der Waals surface area contributed by atoms with Gasteiger partial charge in [-0.3, -0.25) is 4.79 Å². The van der Waals surface area contributed by atoms with Gasteiger partial charge in [0.05, 0.1) is 13.2 Å². The van der Waals surface area contributed by atoms with Crippen LogP contribution in [0.4, 0.5) is 0 Å². The summed E-state index contributed by atoms with van der Waals surface area (Å²) in [5.74, 6) is -1.78. The normalized spacial score (nSPS) is 15.9. The number of aliphatic hydroxyl groups is 5. The Labute approximate surface area is 216 Å². The van der Waals surface area contributed by atoms with E-state index in [-0.39, 0.29) is 6.61 Å². The van der Waals surface area contributed by atoms with Gasteiger partial charge >= 0.3 is 5.97 Å². The van der Waals surface area contributed by atoms with E-state index in [0.29, 0.717) is 0 Å². The molecule has 0 rings (SSSR count). The molecule has 36 heavy (non-hydrogen) atoms. The van der Waals surface area contributed by atoms with E-state index < -0.39 is 48.9 Å². The maximum absolute atomic E-state index is 12.0. The zero-order valence-corrected chi connectivity index (χ0v) is 22.3. The minimum atomic E-state index is -2.09. The van der Waals surface area contributed by atoms with Gasteiger partial charge in [-0.15, -0.1) is 0 Å². The third kappa shape index (κ3) is 17.0. The summed E-state index contributed by atoms with van der Waals surface area (Å²) in [4.78, 5) is 24.0.